The van der Waals surface area contributed by atoms with E-state index < -0.39 is 0 Å². The minimum Gasteiger partial charge on any atom is -0.377 e. The summed E-state index contributed by atoms with van der Waals surface area (Å²) in [5.41, 5.74) is 6.56. The molecule has 0 aliphatic rings. The predicted octanol–water partition coefficient (Wildman–Crippen LogP) is 0.110. The van der Waals surface area contributed by atoms with Crippen molar-refractivity contribution in [1.29, 1.82) is 0 Å². The first-order valence-electron chi connectivity index (χ1n) is 4.61. The second-order valence-corrected chi connectivity index (χ2v) is 4.00. The van der Waals surface area contributed by atoms with Gasteiger partial charge in [-0.25, -0.2) is 0 Å². The quantitative estimate of drug-likeness (QED) is 0.745. The summed E-state index contributed by atoms with van der Waals surface area (Å²) in [6.07, 6.45) is 2.54. The van der Waals surface area contributed by atoms with Crippen molar-refractivity contribution < 1.29 is 4.74 Å². The first-order valence-corrected chi connectivity index (χ1v) is 4.61. The highest BCUT2D eigenvalue weighted by atomic mass is 16.5. The normalized spacial score (nSPS) is 14.4. The molecule has 5 heteroatoms. The monoisotopic (exact) mass is 198 g/mol. The predicted molar refractivity (Wildman–Crippen MR) is 53.8 cm³/mol. The van der Waals surface area contributed by atoms with Crippen LogP contribution in [0.2, 0.25) is 0 Å². The average Bonchev–Trinajstić information content (AvgIpc) is 2.51. The maximum atomic E-state index is 6.00. The van der Waals surface area contributed by atoms with Gasteiger partial charge in [-0.2, -0.15) is 0 Å². The third-order valence-electron chi connectivity index (χ3n) is 2.50. The zero-order chi connectivity index (χ0) is 10.8. The molecule has 1 heterocycles. The number of aryl methyl sites for hydroxylation is 1. The fourth-order valence-electron chi connectivity index (χ4n) is 1.11. The van der Waals surface area contributed by atoms with Crippen molar-refractivity contribution in [3.05, 3.63) is 11.9 Å². The summed E-state index contributed by atoms with van der Waals surface area (Å²) < 4.78 is 6.97. The van der Waals surface area contributed by atoms with Crippen molar-refractivity contribution in [3.63, 3.8) is 0 Å². The standard InChI is InChI=1S/C9H18N4O/c1-9(2,14-4)8(10)5-7-6-13(3)12-11-7/h6,8H,5,10H2,1-4H3. The number of rotatable bonds is 4. The first-order chi connectivity index (χ1) is 6.45. The van der Waals surface area contributed by atoms with Crippen molar-refractivity contribution in [2.24, 2.45) is 12.8 Å². The molecule has 0 radical (unpaired) electrons. The molecule has 0 aliphatic heterocycles. The highest BCUT2D eigenvalue weighted by molar-refractivity contribution is 4.99. The molecule has 0 spiro atoms. The largest absolute Gasteiger partial charge is 0.377 e. The highest BCUT2D eigenvalue weighted by Gasteiger charge is 2.26. The van der Waals surface area contributed by atoms with Crippen LogP contribution < -0.4 is 5.73 Å². The Morgan fingerprint density at radius 1 is 1.64 bits per heavy atom. The van der Waals surface area contributed by atoms with E-state index in [4.69, 9.17) is 10.5 Å². The van der Waals surface area contributed by atoms with Crippen molar-refractivity contribution in [1.82, 2.24) is 15.0 Å². The number of hydrogen-bond acceptors (Lipinski definition) is 4. The maximum absolute atomic E-state index is 6.00. The molecule has 1 unspecified atom stereocenters. The minimum absolute atomic E-state index is 0.0794. The Kier molecular flexibility index (Phi) is 3.23. The second-order valence-electron chi connectivity index (χ2n) is 4.00. The van der Waals surface area contributed by atoms with E-state index in [0.717, 1.165) is 5.69 Å². The van der Waals surface area contributed by atoms with Gasteiger partial charge < -0.3 is 10.5 Å². The minimum atomic E-state index is -0.336. The summed E-state index contributed by atoms with van der Waals surface area (Å²) in [6.45, 7) is 3.93. The molecule has 0 bridgehead atoms. The van der Waals surface area contributed by atoms with E-state index in [1.165, 1.54) is 0 Å². The number of aromatic nitrogens is 3. The number of nitrogens with zero attached hydrogens (tertiary/aromatic N) is 3. The van der Waals surface area contributed by atoms with Crippen LogP contribution in [0.1, 0.15) is 19.5 Å². The molecule has 0 saturated carbocycles. The number of ether oxygens (including phenoxy) is 1. The Morgan fingerprint density at radius 3 is 2.71 bits per heavy atom. The van der Waals surface area contributed by atoms with Crippen LogP contribution in [0.4, 0.5) is 0 Å². The Morgan fingerprint density at radius 2 is 2.29 bits per heavy atom. The van der Waals surface area contributed by atoms with Gasteiger partial charge in [0.05, 0.1) is 11.3 Å². The second kappa shape index (κ2) is 4.06. The molecule has 1 atom stereocenters. The van der Waals surface area contributed by atoms with E-state index in [0.29, 0.717) is 6.42 Å². The van der Waals surface area contributed by atoms with Gasteiger partial charge in [0.25, 0.3) is 0 Å². The van der Waals surface area contributed by atoms with E-state index in [9.17, 15) is 0 Å². The van der Waals surface area contributed by atoms with Crippen LogP contribution in [0.5, 0.6) is 0 Å². The number of hydrogen-bond donors (Lipinski definition) is 1. The van der Waals surface area contributed by atoms with Gasteiger partial charge in [-0.05, 0) is 13.8 Å². The topological polar surface area (TPSA) is 66.0 Å². The van der Waals surface area contributed by atoms with Crippen LogP contribution in [-0.4, -0.2) is 33.7 Å². The van der Waals surface area contributed by atoms with Crippen LogP contribution in [0.3, 0.4) is 0 Å². The smallest absolute Gasteiger partial charge is 0.0843 e. The van der Waals surface area contributed by atoms with Crippen molar-refractivity contribution in [3.8, 4) is 0 Å². The molecule has 1 aromatic heterocycles. The van der Waals surface area contributed by atoms with E-state index in [1.54, 1.807) is 11.8 Å². The summed E-state index contributed by atoms with van der Waals surface area (Å²) in [6, 6.07) is -0.0794. The van der Waals surface area contributed by atoms with Gasteiger partial charge in [-0.1, -0.05) is 5.21 Å². The third kappa shape index (κ3) is 2.52. The average molecular weight is 198 g/mol. The van der Waals surface area contributed by atoms with Gasteiger partial charge in [0, 0.05) is 32.8 Å². The summed E-state index contributed by atoms with van der Waals surface area (Å²) in [5, 5.41) is 7.83. The Hall–Kier alpha value is -0.940. The molecular weight excluding hydrogens is 180 g/mol. The van der Waals surface area contributed by atoms with Gasteiger partial charge in [-0.15, -0.1) is 5.10 Å². The van der Waals surface area contributed by atoms with Crippen LogP contribution in [0.15, 0.2) is 6.20 Å². The van der Waals surface area contributed by atoms with Gasteiger partial charge in [0.1, 0.15) is 0 Å². The SMILES string of the molecule is COC(C)(C)C(N)Cc1cn(C)nn1. The number of nitrogens with two attached hydrogens (primary N) is 1. The van der Waals surface area contributed by atoms with Crippen LogP contribution in [0, 0.1) is 0 Å². The lowest BCUT2D eigenvalue weighted by Crippen LogP contribution is -2.46. The van der Waals surface area contributed by atoms with Crippen LogP contribution in [0.25, 0.3) is 0 Å². The first kappa shape index (κ1) is 11.1. The molecule has 0 aliphatic carbocycles. The van der Waals surface area contributed by atoms with E-state index in [2.05, 4.69) is 10.3 Å². The van der Waals surface area contributed by atoms with Gasteiger partial charge in [0.15, 0.2) is 0 Å². The molecule has 0 amide bonds. The molecule has 0 saturated heterocycles. The van der Waals surface area contributed by atoms with Gasteiger partial charge >= 0.3 is 0 Å². The summed E-state index contributed by atoms with van der Waals surface area (Å²) in [5.74, 6) is 0. The molecule has 5 nitrogen and oxygen atoms in total. The lowest BCUT2D eigenvalue weighted by molar-refractivity contribution is 0.000575. The van der Waals surface area contributed by atoms with Gasteiger partial charge in [-0.3, -0.25) is 4.68 Å². The molecular formula is C9H18N4O. The molecule has 1 rings (SSSR count). The Labute approximate surface area is 84.2 Å². The van der Waals surface area contributed by atoms with Crippen molar-refractivity contribution in [2.45, 2.75) is 31.9 Å². The van der Waals surface area contributed by atoms with Gasteiger partial charge in [0.2, 0.25) is 0 Å². The zero-order valence-electron chi connectivity index (χ0n) is 9.19. The Balaban J connectivity index is 2.61. The summed E-state index contributed by atoms with van der Waals surface area (Å²) >= 11 is 0. The lowest BCUT2D eigenvalue weighted by Gasteiger charge is -2.29. The molecule has 80 valence electrons. The summed E-state index contributed by atoms with van der Waals surface area (Å²) in [7, 11) is 3.50. The molecule has 0 aromatic carbocycles. The zero-order valence-corrected chi connectivity index (χ0v) is 9.19. The van der Waals surface area contributed by atoms with Crippen molar-refractivity contribution in [2.75, 3.05) is 7.11 Å². The van der Waals surface area contributed by atoms with Crippen molar-refractivity contribution >= 4 is 0 Å². The highest BCUT2D eigenvalue weighted by Crippen LogP contribution is 2.14. The molecule has 2 N–H and O–H groups in total. The fraction of sp³-hybridized carbons (Fsp3) is 0.778. The molecule has 14 heavy (non-hydrogen) atoms. The lowest BCUT2D eigenvalue weighted by atomic mass is 9.95. The van der Waals surface area contributed by atoms with Crippen LogP contribution in [-0.2, 0) is 18.2 Å². The van der Waals surface area contributed by atoms with E-state index >= 15 is 0 Å². The summed E-state index contributed by atoms with van der Waals surface area (Å²) in [4.78, 5) is 0. The van der Waals surface area contributed by atoms with Crippen LogP contribution >= 0.6 is 0 Å². The number of methoxy groups -OCH3 is 1. The molecule has 1 aromatic rings. The van der Waals surface area contributed by atoms with E-state index in [1.807, 2.05) is 27.1 Å². The third-order valence-corrected chi connectivity index (χ3v) is 2.50. The van der Waals surface area contributed by atoms with E-state index in [-0.39, 0.29) is 11.6 Å². The maximum Gasteiger partial charge on any atom is 0.0843 e. The Bertz CT molecular complexity index is 295. The molecule has 0 fully saturated rings. The fourth-order valence-corrected chi connectivity index (χ4v) is 1.11.